The minimum atomic E-state index is -0.566. The summed E-state index contributed by atoms with van der Waals surface area (Å²) in [6.07, 6.45) is 2.69. The zero-order valence-electron chi connectivity index (χ0n) is 8.66. The molecule has 0 amide bonds. The Kier molecular flexibility index (Phi) is 3.97. The van der Waals surface area contributed by atoms with Gasteiger partial charge in [-0.25, -0.2) is 9.78 Å². The fourth-order valence-electron chi connectivity index (χ4n) is 1.09. The Bertz CT molecular complexity index is 388. The highest BCUT2D eigenvalue weighted by Gasteiger charge is 2.02. The van der Waals surface area contributed by atoms with Crippen molar-refractivity contribution in [2.75, 3.05) is 6.61 Å². The molecule has 1 rings (SSSR count). The van der Waals surface area contributed by atoms with Gasteiger partial charge >= 0.3 is 5.97 Å². The van der Waals surface area contributed by atoms with Crippen LogP contribution in [0.3, 0.4) is 0 Å². The number of esters is 1. The fourth-order valence-corrected chi connectivity index (χ4v) is 1.09. The molecule has 0 N–H and O–H groups in total. The summed E-state index contributed by atoms with van der Waals surface area (Å²) in [4.78, 5) is 14.5. The van der Waals surface area contributed by atoms with Crippen LogP contribution in [0.2, 0.25) is 0 Å². The van der Waals surface area contributed by atoms with Crippen molar-refractivity contribution in [3.8, 4) is 0 Å². The molecule has 0 radical (unpaired) electrons. The molecule has 1 aromatic rings. The molecule has 0 fully saturated rings. The van der Waals surface area contributed by atoms with Gasteiger partial charge in [0.2, 0.25) is 5.95 Å². The third-order valence-electron chi connectivity index (χ3n) is 1.80. The average Bonchev–Trinajstić information content (AvgIpc) is 2.18. The lowest BCUT2D eigenvalue weighted by Crippen LogP contribution is -2.00. The molecule has 0 bridgehead atoms. The fraction of sp³-hybridized carbons (Fsp3) is 0.273. The molecule has 4 heteroatoms. The molecule has 0 aliphatic carbocycles. The van der Waals surface area contributed by atoms with Gasteiger partial charge < -0.3 is 4.74 Å². The number of hydrogen-bond acceptors (Lipinski definition) is 3. The van der Waals surface area contributed by atoms with E-state index in [1.165, 1.54) is 18.3 Å². The topological polar surface area (TPSA) is 39.2 Å². The number of pyridine rings is 1. The highest BCUT2D eigenvalue weighted by Crippen LogP contribution is 2.13. The largest absolute Gasteiger partial charge is 0.463 e. The lowest BCUT2D eigenvalue weighted by Gasteiger charge is -2.01. The van der Waals surface area contributed by atoms with Gasteiger partial charge in [-0.1, -0.05) is 0 Å². The minimum absolute atomic E-state index is 0.327. The summed E-state index contributed by atoms with van der Waals surface area (Å²) in [5.74, 6) is -0.990. The Morgan fingerprint density at radius 1 is 1.67 bits per heavy atom. The van der Waals surface area contributed by atoms with Crippen LogP contribution in [0.25, 0.3) is 5.57 Å². The maximum atomic E-state index is 12.8. The van der Waals surface area contributed by atoms with Crippen molar-refractivity contribution in [2.45, 2.75) is 13.8 Å². The Morgan fingerprint density at radius 2 is 2.40 bits per heavy atom. The Balaban J connectivity index is 2.84. The molecule has 3 nitrogen and oxygen atoms in total. The van der Waals surface area contributed by atoms with Gasteiger partial charge in [-0.3, -0.25) is 0 Å². The van der Waals surface area contributed by atoms with Crippen LogP contribution in [-0.4, -0.2) is 17.6 Å². The van der Waals surface area contributed by atoms with Crippen molar-refractivity contribution < 1.29 is 13.9 Å². The number of nitrogens with zero attached hydrogens (tertiary/aromatic N) is 1. The minimum Gasteiger partial charge on any atom is -0.463 e. The molecule has 0 aliphatic rings. The van der Waals surface area contributed by atoms with Crippen LogP contribution >= 0.6 is 0 Å². The van der Waals surface area contributed by atoms with Crippen LogP contribution in [-0.2, 0) is 9.53 Å². The second-order valence-electron chi connectivity index (χ2n) is 2.95. The summed E-state index contributed by atoms with van der Waals surface area (Å²) in [5, 5.41) is 0. The molecule has 0 spiro atoms. The number of hydrogen-bond donors (Lipinski definition) is 0. The monoisotopic (exact) mass is 209 g/mol. The molecule has 0 aliphatic heterocycles. The van der Waals surface area contributed by atoms with Crippen LogP contribution in [0.4, 0.5) is 4.39 Å². The predicted molar refractivity (Wildman–Crippen MR) is 54.5 cm³/mol. The van der Waals surface area contributed by atoms with Gasteiger partial charge in [0.1, 0.15) is 0 Å². The predicted octanol–water partition coefficient (Wildman–Crippen LogP) is 2.19. The van der Waals surface area contributed by atoms with Crippen molar-refractivity contribution >= 4 is 11.5 Å². The molecule has 0 aromatic carbocycles. The van der Waals surface area contributed by atoms with Gasteiger partial charge in [-0.05, 0) is 31.1 Å². The van der Waals surface area contributed by atoms with E-state index in [9.17, 15) is 9.18 Å². The van der Waals surface area contributed by atoms with Crippen molar-refractivity contribution in [3.05, 3.63) is 35.9 Å². The second-order valence-corrected chi connectivity index (χ2v) is 2.95. The van der Waals surface area contributed by atoms with Gasteiger partial charge in [0, 0.05) is 18.3 Å². The zero-order valence-corrected chi connectivity index (χ0v) is 8.66. The van der Waals surface area contributed by atoms with E-state index in [0.29, 0.717) is 17.7 Å². The normalized spacial score (nSPS) is 11.3. The first-order valence-electron chi connectivity index (χ1n) is 4.60. The Morgan fingerprint density at radius 3 is 3.00 bits per heavy atom. The molecule has 0 saturated carbocycles. The molecule has 1 aromatic heterocycles. The van der Waals surface area contributed by atoms with Crippen molar-refractivity contribution in [1.82, 2.24) is 4.98 Å². The van der Waals surface area contributed by atoms with E-state index in [0.717, 1.165) is 0 Å². The van der Waals surface area contributed by atoms with E-state index >= 15 is 0 Å². The number of aromatic nitrogens is 1. The Labute approximate surface area is 87.6 Å². The molecule has 15 heavy (non-hydrogen) atoms. The summed E-state index contributed by atoms with van der Waals surface area (Å²) < 4.78 is 17.5. The summed E-state index contributed by atoms with van der Waals surface area (Å²) in [6, 6.07) is 2.90. The second kappa shape index (κ2) is 5.24. The van der Waals surface area contributed by atoms with Crippen molar-refractivity contribution in [1.29, 1.82) is 0 Å². The summed E-state index contributed by atoms with van der Waals surface area (Å²) >= 11 is 0. The summed E-state index contributed by atoms with van der Waals surface area (Å²) in [5.41, 5.74) is 1.27. The van der Waals surface area contributed by atoms with Crippen LogP contribution in [0, 0.1) is 5.95 Å². The van der Waals surface area contributed by atoms with E-state index in [4.69, 9.17) is 4.74 Å². The lowest BCUT2D eigenvalue weighted by atomic mass is 10.1. The molecule has 0 unspecified atom stereocenters. The first-order chi connectivity index (χ1) is 7.13. The maximum absolute atomic E-state index is 12.8. The number of rotatable bonds is 3. The average molecular weight is 209 g/mol. The van der Waals surface area contributed by atoms with E-state index in [1.54, 1.807) is 19.9 Å². The van der Waals surface area contributed by atoms with E-state index in [2.05, 4.69) is 4.98 Å². The van der Waals surface area contributed by atoms with E-state index in [1.807, 2.05) is 0 Å². The smallest absolute Gasteiger partial charge is 0.331 e. The number of carbonyl (C=O) groups excluding carboxylic acids is 1. The van der Waals surface area contributed by atoms with Gasteiger partial charge in [-0.15, -0.1) is 0 Å². The van der Waals surface area contributed by atoms with Crippen LogP contribution in [0.1, 0.15) is 19.4 Å². The summed E-state index contributed by atoms with van der Waals surface area (Å²) in [7, 11) is 0. The molecular formula is C11H12FNO2. The first-order valence-corrected chi connectivity index (χ1v) is 4.60. The quantitative estimate of drug-likeness (QED) is 0.435. The molecule has 80 valence electrons. The van der Waals surface area contributed by atoms with Crippen molar-refractivity contribution in [2.24, 2.45) is 0 Å². The van der Waals surface area contributed by atoms with Crippen LogP contribution < -0.4 is 0 Å². The van der Waals surface area contributed by atoms with E-state index < -0.39 is 11.9 Å². The van der Waals surface area contributed by atoms with Crippen molar-refractivity contribution in [3.63, 3.8) is 0 Å². The van der Waals surface area contributed by atoms with Gasteiger partial charge in [0.25, 0.3) is 0 Å². The SMILES string of the molecule is CCOC(=O)/C=C(/C)c1ccnc(F)c1. The number of allylic oxidation sites excluding steroid dienone is 1. The summed E-state index contributed by atoms with van der Waals surface area (Å²) in [6.45, 7) is 3.77. The maximum Gasteiger partial charge on any atom is 0.331 e. The standard InChI is InChI=1S/C11H12FNO2/c1-3-15-11(14)6-8(2)9-4-5-13-10(12)7-9/h4-7H,3H2,1-2H3/b8-6-. The molecular weight excluding hydrogens is 197 g/mol. The van der Waals surface area contributed by atoms with Crippen LogP contribution in [0.15, 0.2) is 24.4 Å². The Hall–Kier alpha value is -1.71. The number of carbonyl (C=O) groups is 1. The highest BCUT2D eigenvalue weighted by molar-refractivity contribution is 5.90. The van der Waals surface area contributed by atoms with E-state index in [-0.39, 0.29) is 0 Å². The van der Waals surface area contributed by atoms with Crippen LogP contribution in [0.5, 0.6) is 0 Å². The molecule has 0 saturated heterocycles. The van der Waals surface area contributed by atoms with Gasteiger partial charge in [0.15, 0.2) is 0 Å². The highest BCUT2D eigenvalue weighted by atomic mass is 19.1. The third-order valence-corrected chi connectivity index (χ3v) is 1.80. The first kappa shape index (κ1) is 11.4. The van der Waals surface area contributed by atoms with Gasteiger partial charge in [0.05, 0.1) is 6.61 Å². The van der Waals surface area contributed by atoms with Gasteiger partial charge in [-0.2, -0.15) is 4.39 Å². The molecule has 1 heterocycles. The number of ether oxygens (including phenoxy) is 1. The third kappa shape index (κ3) is 3.50. The molecule has 0 atom stereocenters. The zero-order chi connectivity index (χ0) is 11.3. The lowest BCUT2D eigenvalue weighted by molar-refractivity contribution is -0.137. The number of halogens is 1.